The van der Waals surface area contributed by atoms with Crippen LogP contribution in [0.5, 0.6) is 11.5 Å². The van der Waals surface area contributed by atoms with Gasteiger partial charge in [0, 0.05) is 18.3 Å². The van der Waals surface area contributed by atoms with E-state index in [1.165, 1.54) is 0 Å². The maximum Gasteiger partial charge on any atom is 0.338 e. The number of hydrogen-bond donors (Lipinski definition) is 1. The van der Waals surface area contributed by atoms with Gasteiger partial charge in [-0.15, -0.1) is 5.10 Å². The number of nitrogens with one attached hydrogen (secondary N) is 1. The molecular weight excluding hydrogens is 364 g/mol. The third-order valence-corrected chi connectivity index (χ3v) is 4.21. The predicted molar refractivity (Wildman–Crippen MR) is 99.5 cm³/mol. The summed E-state index contributed by atoms with van der Waals surface area (Å²) in [5.74, 6) is 0.133. The first-order valence-corrected chi connectivity index (χ1v) is 8.84. The summed E-state index contributed by atoms with van der Waals surface area (Å²) >= 11 is 0. The molecule has 0 atom stereocenters. The lowest BCUT2D eigenvalue weighted by molar-refractivity contribution is -0.119. The standard InChI is InChI=1S/C19H18N4O5/c1-2-23-15-5-3-12(9-14(15)21-22-23)19(25)28-11-18(24)20-13-4-6-16-17(10-13)27-8-7-26-16/h3-6,9-10H,2,7-8,11H2,1H3,(H,20,24). The summed E-state index contributed by atoms with van der Waals surface area (Å²) < 4.78 is 17.7. The van der Waals surface area contributed by atoms with E-state index in [1.807, 2.05) is 6.92 Å². The van der Waals surface area contributed by atoms with Crippen molar-refractivity contribution in [3.8, 4) is 11.5 Å². The van der Waals surface area contributed by atoms with Crippen LogP contribution in [0.15, 0.2) is 36.4 Å². The van der Waals surface area contributed by atoms with E-state index in [4.69, 9.17) is 14.2 Å². The average Bonchev–Trinajstić information content (AvgIpc) is 3.14. The largest absolute Gasteiger partial charge is 0.486 e. The molecule has 1 aromatic heterocycles. The minimum absolute atomic E-state index is 0.308. The zero-order valence-corrected chi connectivity index (χ0v) is 15.2. The number of aryl methyl sites for hydroxylation is 1. The smallest absolute Gasteiger partial charge is 0.338 e. The fraction of sp³-hybridized carbons (Fsp3) is 0.263. The van der Waals surface area contributed by atoms with Crippen LogP contribution in [0.3, 0.4) is 0 Å². The van der Waals surface area contributed by atoms with Gasteiger partial charge in [-0.25, -0.2) is 9.48 Å². The van der Waals surface area contributed by atoms with Crippen molar-refractivity contribution in [3.63, 3.8) is 0 Å². The second-order valence-electron chi connectivity index (χ2n) is 6.09. The van der Waals surface area contributed by atoms with E-state index in [9.17, 15) is 9.59 Å². The molecule has 28 heavy (non-hydrogen) atoms. The number of aromatic nitrogens is 3. The fourth-order valence-corrected chi connectivity index (χ4v) is 2.87. The van der Waals surface area contributed by atoms with E-state index in [2.05, 4.69) is 15.6 Å². The molecule has 0 saturated carbocycles. The zero-order chi connectivity index (χ0) is 19.5. The number of fused-ring (bicyclic) bond motifs is 2. The summed E-state index contributed by atoms with van der Waals surface area (Å²) in [6.45, 7) is 3.18. The molecule has 2 heterocycles. The fourth-order valence-electron chi connectivity index (χ4n) is 2.87. The highest BCUT2D eigenvalue weighted by atomic mass is 16.6. The number of rotatable bonds is 5. The molecule has 3 aromatic rings. The van der Waals surface area contributed by atoms with Gasteiger partial charge >= 0.3 is 5.97 Å². The first-order chi connectivity index (χ1) is 13.6. The molecular formula is C19H18N4O5. The summed E-state index contributed by atoms with van der Waals surface area (Å²) in [6, 6.07) is 10.0. The molecule has 0 radical (unpaired) electrons. The summed E-state index contributed by atoms with van der Waals surface area (Å²) in [5, 5.41) is 10.7. The van der Waals surface area contributed by atoms with Crippen LogP contribution in [0.1, 0.15) is 17.3 Å². The maximum absolute atomic E-state index is 12.2. The summed E-state index contributed by atoms with van der Waals surface area (Å²) in [5.41, 5.74) is 2.26. The number of esters is 1. The Balaban J connectivity index is 1.36. The number of hydrogen-bond acceptors (Lipinski definition) is 7. The zero-order valence-electron chi connectivity index (χ0n) is 15.2. The van der Waals surface area contributed by atoms with Gasteiger partial charge in [0.15, 0.2) is 18.1 Å². The molecule has 1 aliphatic rings. The second-order valence-corrected chi connectivity index (χ2v) is 6.09. The van der Waals surface area contributed by atoms with Gasteiger partial charge in [0.25, 0.3) is 5.91 Å². The van der Waals surface area contributed by atoms with Crippen molar-refractivity contribution in [2.45, 2.75) is 13.5 Å². The van der Waals surface area contributed by atoms with Gasteiger partial charge in [-0.2, -0.15) is 0 Å². The lowest BCUT2D eigenvalue weighted by Gasteiger charge is -2.19. The van der Waals surface area contributed by atoms with E-state index in [-0.39, 0.29) is 0 Å². The van der Waals surface area contributed by atoms with E-state index in [1.54, 1.807) is 41.1 Å². The maximum atomic E-state index is 12.2. The SMILES string of the molecule is CCn1nnc2cc(C(=O)OCC(=O)Nc3ccc4c(c3)OCCO4)ccc21. The van der Waals surface area contributed by atoms with E-state index < -0.39 is 18.5 Å². The van der Waals surface area contributed by atoms with Gasteiger partial charge in [0.05, 0.1) is 11.1 Å². The van der Waals surface area contributed by atoms with Gasteiger partial charge in [-0.05, 0) is 37.3 Å². The highest BCUT2D eigenvalue weighted by Crippen LogP contribution is 2.32. The molecule has 0 bridgehead atoms. The van der Waals surface area contributed by atoms with Crippen LogP contribution in [-0.2, 0) is 16.1 Å². The van der Waals surface area contributed by atoms with Crippen LogP contribution in [0.25, 0.3) is 11.0 Å². The van der Waals surface area contributed by atoms with Crippen molar-refractivity contribution in [3.05, 3.63) is 42.0 Å². The van der Waals surface area contributed by atoms with E-state index >= 15 is 0 Å². The molecule has 1 N–H and O–H groups in total. The van der Waals surface area contributed by atoms with Crippen LogP contribution in [0.2, 0.25) is 0 Å². The monoisotopic (exact) mass is 382 g/mol. The molecule has 0 unspecified atom stereocenters. The van der Waals surface area contributed by atoms with Crippen LogP contribution >= 0.6 is 0 Å². The molecule has 0 fully saturated rings. The van der Waals surface area contributed by atoms with Crippen molar-refractivity contribution in [2.24, 2.45) is 0 Å². The first-order valence-electron chi connectivity index (χ1n) is 8.84. The van der Waals surface area contributed by atoms with Crippen molar-refractivity contribution < 1.29 is 23.8 Å². The van der Waals surface area contributed by atoms with E-state index in [0.717, 1.165) is 5.52 Å². The molecule has 0 saturated heterocycles. The number of ether oxygens (including phenoxy) is 3. The van der Waals surface area contributed by atoms with Crippen LogP contribution in [0.4, 0.5) is 5.69 Å². The lowest BCUT2D eigenvalue weighted by Crippen LogP contribution is -2.21. The third-order valence-electron chi connectivity index (χ3n) is 4.21. The Kier molecular flexibility index (Phi) is 4.79. The highest BCUT2D eigenvalue weighted by Gasteiger charge is 2.15. The number of amides is 1. The average molecular weight is 382 g/mol. The molecule has 1 amide bonds. The van der Waals surface area contributed by atoms with Crippen LogP contribution < -0.4 is 14.8 Å². The van der Waals surface area contributed by atoms with Crippen molar-refractivity contribution in [2.75, 3.05) is 25.1 Å². The van der Waals surface area contributed by atoms with Crippen molar-refractivity contribution in [1.29, 1.82) is 0 Å². The van der Waals surface area contributed by atoms with Crippen LogP contribution in [-0.4, -0.2) is 46.7 Å². The number of anilines is 1. The van der Waals surface area contributed by atoms with Crippen molar-refractivity contribution >= 4 is 28.6 Å². The summed E-state index contributed by atoms with van der Waals surface area (Å²) in [6.07, 6.45) is 0. The number of benzene rings is 2. The normalized spacial score (nSPS) is 12.6. The Morgan fingerprint density at radius 3 is 2.79 bits per heavy atom. The number of carbonyl (C=O) groups is 2. The molecule has 144 valence electrons. The quantitative estimate of drug-likeness (QED) is 0.673. The first kappa shape index (κ1) is 17.8. The van der Waals surface area contributed by atoms with Crippen LogP contribution in [0, 0.1) is 0 Å². The highest BCUT2D eigenvalue weighted by molar-refractivity contribution is 5.97. The Hall–Kier alpha value is -3.62. The minimum Gasteiger partial charge on any atom is -0.486 e. The van der Waals surface area contributed by atoms with Gasteiger partial charge in [0.2, 0.25) is 0 Å². The van der Waals surface area contributed by atoms with Crippen molar-refractivity contribution in [1.82, 2.24) is 15.0 Å². The topological polar surface area (TPSA) is 105 Å². The number of nitrogens with zero attached hydrogens (tertiary/aromatic N) is 3. The van der Waals surface area contributed by atoms with Gasteiger partial charge < -0.3 is 19.5 Å². The molecule has 9 nitrogen and oxygen atoms in total. The Morgan fingerprint density at radius 2 is 1.96 bits per heavy atom. The summed E-state index contributed by atoms with van der Waals surface area (Å²) in [4.78, 5) is 24.3. The van der Waals surface area contributed by atoms with Gasteiger partial charge in [-0.1, -0.05) is 5.21 Å². The van der Waals surface area contributed by atoms with Gasteiger partial charge in [0.1, 0.15) is 18.7 Å². The molecule has 0 aliphatic carbocycles. The third kappa shape index (κ3) is 3.59. The molecule has 1 aliphatic heterocycles. The predicted octanol–water partition coefficient (Wildman–Crippen LogP) is 2.02. The Bertz CT molecular complexity index is 1050. The second kappa shape index (κ2) is 7.55. The molecule has 4 rings (SSSR count). The Labute approximate surface area is 160 Å². The molecule has 2 aromatic carbocycles. The molecule has 9 heteroatoms. The van der Waals surface area contributed by atoms with Gasteiger partial charge in [-0.3, -0.25) is 4.79 Å². The van der Waals surface area contributed by atoms with E-state index in [0.29, 0.717) is 48.0 Å². The number of carbonyl (C=O) groups excluding carboxylic acids is 2. The minimum atomic E-state index is -0.606. The summed E-state index contributed by atoms with van der Waals surface area (Å²) in [7, 11) is 0. The molecule has 0 spiro atoms. The lowest BCUT2D eigenvalue weighted by atomic mass is 10.2. The Morgan fingerprint density at radius 1 is 1.14 bits per heavy atom.